The molecule has 2 aromatic rings. The van der Waals surface area contributed by atoms with Crippen molar-refractivity contribution in [3.05, 3.63) is 59.7 Å². The predicted molar refractivity (Wildman–Crippen MR) is 89.2 cm³/mol. The van der Waals surface area contributed by atoms with Gasteiger partial charge in [0.2, 0.25) is 0 Å². The Bertz CT molecular complexity index is 801. The van der Waals surface area contributed by atoms with Crippen molar-refractivity contribution in [3.8, 4) is 0 Å². The molecule has 0 fully saturated rings. The molecule has 0 atom stereocenters. The van der Waals surface area contributed by atoms with Crippen LogP contribution in [0.25, 0.3) is 0 Å². The minimum atomic E-state index is -3.69. The molecular formula is C17H19NO4S. The van der Waals surface area contributed by atoms with Crippen LogP contribution in [0.15, 0.2) is 53.4 Å². The van der Waals surface area contributed by atoms with Gasteiger partial charge in [-0.25, -0.2) is 13.2 Å². The van der Waals surface area contributed by atoms with Gasteiger partial charge in [-0.1, -0.05) is 24.3 Å². The molecule has 2 rings (SSSR count). The topological polar surface area (TPSA) is 63.7 Å². The molecule has 5 nitrogen and oxygen atoms in total. The van der Waals surface area contributed by atoms with Gasteiger partial charge in [0.15, 0.2) is 0 Å². The van der Waals surface area contributed by atoms with E-state index < -0.39 is 16.0 Å². The highest BCUT2D eigenvalue weighted by molar-refractivity contribution is 7.92. The van der Waals surface area contributed by atoms with Crippen LogP contribution in [0, 0.1) is 6.92 Å². The molecule has 0 aromatic heterocycles. The van der Waals surface area contributed by atoms with Crippen molar-refractivity contribution in [1.82, 2.24) is 0 Å². The lowest BCUT2D eigenvalue weighted by Gasteiger charge is -2.25. The zero-order valence-corrected chi connectivity index (χ0v) is 14.1. The lowest BCUT2D eigenvalue weighted by Crippen LogP contribution is -2.31. The molecule has 0 aliphatic carbocycles. The first kappa shape index (κ1) is 17.0. The molecule has 0 radical (unpaired) electrons. The second-order valence-electron chi connectivity index (χ2n) is 4.92. The van der Waals surface area contributed by atoms with Crippen LogP contribution >= 0.6 is 0 Å². The van der Waals surface area contributed by atoms with Crippen LogP contribution < -0.4 is 4.31 Å². The zero-order valence-electron chi connectivity index (χ0n) is 13.3. The van der Waals surface area contributed by atoms with Crippen molar-refractivity contribution in [2.24, 2.45) is 0 Å². The van der Waals surface area contributed by atoms with E-state index >= 15 is 0 Å². The lowest BCUT2D eigenvalue weighted by atomic mass is 10.1. The molecule has 0 aliphatic heterocycles. The molecule has 0 N–H and O–H groups in total. The highest BCUT2D eigenvalue weighted by atomic mass is 32.2. The summed E-state index contributed by atoms with van der Waals surface area (Å²) in [5.41, 5.74) is 1.40. The number of methoxy groups -OCH3 is 1. The van der Waals surface area contributed by atoms with E-state index in [0.29, 0.717) is 16.8 Å². The van der Waals surface area contributed by atoms with E-state index in [1.54, 1.807) is 62.4 Å². The number of sulfonamides is 1. The maximum atomic E-state index is 12.9. The van der Waals surface area contributed by atoms with Crippen LogP contribution in [-0.4, -0.2) is 28.0 Å². The van der Waals surface area contributed by atoms with Crippen molar-refractivity contribution in [3.63, 3.8) is 0 Å². The van der Waals surface area contributed by atoms with Gasteiger partial charge < -0.3 is 4.74 Å². The number of ether oxygens (including phenoxy) is 1. The Hall–Kier alpha value is -2.34. The highest BCUT2D eigenvalue weighted by Crippen LogP contribution is 2.28. The highest BCUT2D eigenvalue weighted by Gasteiger charge is 2.26. The van der Waals surface area contributed by atoms with Gasteiger partial charge >= 0.3 is 5.97 Å². The zero-order chi connectivity index (χ0) is 17.0. The molecule has 122 valence electrons. The molecule has 0 heterocycles. The number of rotatable bonds is 5. The van der Waals surface area contributed by atoms with Crippen LogP contribution in [0.2, 0.25) is 0 Å². The molecule has 23 heavy (non-hydrogen) atoms. The molecule has 6 heteroatoms. The van der Waals surface area contributed by atoms with Crippen LogP contribution in [-0.2, 0) is 14.8 Å². The summed E-state index contributed by atoms with van der Waals surface area (Å²) < 4.78 is 31.8. The molecule has 0 saturated heterocycles. The second-order valence-corrected chi connectivity index (χ2v) is 6.79. The van der Waals surface area contributed by atoms with Crippen molar-refractivity contribution in [2.45, 2.75) is 18.7 Å². The lowest BCUT2D eigenvalue weighted by molar-refractivity contribution is 0.0600. The van der Waals surface area contributed by atoms with Crippen LogP contribution in [0.5, 0.6) is 0 Å². The van der Waals surface area contributed by atoms with Crippen LogP contribution in [0.4, 0.5) is 5.69 Å². The summed E-state index contributed by atoms with van der Waals surface area (Å²) in [6.45, 7) is 3.72. The third-order valence-corrected chi connectivity index (χ3v) is 5.50. The van der Waals surface area contributed by atoms with E-state index in [9.17, 15) is 13.2 Å². The number of carbonyl (C=O) groups is 1. The van der Waals surface area contributed by atoms with Gasteiger partial charge in [0.1, 0.15) is 0 Å². The van der Waals surface area contributed by atoms with Crippen LogP contribution in [0.3, 0.4) is 0 Å². The minimum absolute atomic E-state index is 0.213. The predicted octanol–water partition coefficient (Wildman–Crippen LogP) is 3.00. The second kappa shape index (κ2) is 6.83. The SMILES string of the molecule is CCN(c1cccc(C(=O)OC)c1C)S(=O)(=O)c1ccccc1. The molecule has 2 aromatic carbocycles. The first-order valence-electron chi connectivity index (χ1n) is 7.19. The Kier molecular flexibility index (Phi) is 5.05. The van der Waals surface area contributed by atoms with Crippen molar-refractivity contribution < 1.29 is 17.9 Å². The number of hydrogen-bond donors (Lipinski definition) is 0. The van der Waals surface area contributed by atoms with E-state index in [0.717, 1.165) is 0 Å². The van der Waals surface area contributed by atoms with Gasteiger partial charge in [0.05, 0.1) is 23.3 Å². The largest absolute Gasteiger partial charge is 0.465 e. The van der Waals surface area contributed by atoms with Crippen molar-refractivity contribution >= 4 is 21.7 Å². The maximum absolute atomic E-state index is 12.9. The van der Waals surface area contributed by atoms with Gasteiger partial charge in [0, 0.05) is 6.54 Å². The molecule has 0 saturated carbocycles. The summed E-state index contributed by atoms with van der Waals surface area (Å²) in [5, 5.41) is 0. The number of benzene rings is 2. The maximum Gasteiger partial charge on any atom is 0.338 e. The molecular weight excluding hydrogens is 314 g/mol. The first-order chi connectivity index (χ1) is 10.9. The summed E-state index contributed by atoms with van der Waals surface area (Å²) in [7, 11) is -2.40. The Labute approximate surface area is 136 Å². The monoisotopic (exact) mass is 333 g/mol. The molecule has 0 unspecified atom stereocenters. The minimum Gasteiger partial charge on any atom is -0.465 e. The van der Waals surface area contributed by atoms with Gasteiger partial charge in [-0.05, 0) is 43.7 Å². The number of nitrogens with zero attached hydrogens (tertiary/aromatic N) is 1. The number of carbonyl (C=O) groups excluding carboxylic acids is 1. The molecule has 0 spiro atoms. The Balaban J connectivity index is 2.57. The van der Waals surface area contributed by atoms with E-state index in [-0.39, 0.29) is 11.4 Å². The molecule has 0 bridgehead atoms. The fourth-order valence-corrected chi connectivity index (χ4v) is 3.97. The average Bonchev–Trinajstić information content (AvgIpc) is 2.57. The van der Waals surface area contributed by atoms with E-state index in [2.05, 4.69) is 0 Å². The third kappa shape index (κ3) is 3.22. The van der Waals surface area contributed by atoms with Crippen molar-refractivity contribution in [1.29, 1.82) is 0 Å². The van der Waals surface area contributed by atoms with E-state index in [1.807, 2.05) is 0 Å². The van der Waals surface area contributed by atoms with Gasteiger partial charge in [-0.2, -0.15) is 0 Å². The summed E-state index contributed by atoms with van der Waals surface area (Å²) in [6.07, 6.45) is 0. The molecule has 0 amide bonds. The number of anilines is 1. The van der Waals surface area contributed by atoms with E-state index in [1.165, 1.54) is 11.4 Å². The Morgan fingerprint density at radius 1 is 1.09 bits per heavy atom. The smallest absolute Gasteiger partial charge is 0.338 e. The summed E-state index contributed by atoms with van der Waals surface area (Å²) in [5.74, 6) is -0.488. The summed E-state index contributed by atoms with van der Waals surface area (Å²) in [4.78, 5) is 12.0. The summed E-state index contributed by atoms with van der Waals surface area (Å²) >= 11 is 0. The fraction of sp³-hybridized carbons (Fsp3) is 0.235. The average molecular weight is 333 g/mol. The standard InChI is InChI=1S/C17H19NO4S/c1-4-18(23(20,21)14-9-6-5-7-10-14)16-12-8-11-15(13(16)2)17(19)22-3/h5-12H,4H2,1-3H3. The van der Waals surface area contributed by atoms with Gasteiger partial charge in [-0.3, -0.25) is 4.31 Å². The van der Waals surface area contributed by atoms with E-state index in [4.69, 9.17) is 4.74 Å². The normalized spacial score (nSPS) is 11.1. The number of hydrogen-bond acceptors (Lipinski definition) is 4. The van der Waals surface area contributed by atoms with Crippen molar-refractivity contribution in [2.75, 3.05) is 18.0 Å². The number of esters is 1. The fourth-order valence-electron chi connectivity index (χ4n) is 2.41. The summed E-state index contributed by atoms with van der Waals surface area (Å²) in [6, 6.07) is 13.2. The van der Waals surface area contributed by atoms with Gasteiger partial charge in [-0.15, -0.1) is 0 Å². The third-order valence-electron chi connectivity index (χ3n) is 3.60. The quantitative estimate of drug-likeness (QED) is 0.789. The van der Waals surface area contributed by atoms with Gasteiger partial charge in [0.25, 0.3) is 10.0 Å². The Morgan fingerprint density at radius 2 is 1.74 bits per heavy atom. The van der Waals surface area contributed by atoms with Crippen LogP contribution in [0.1, 0.15) is 22.8 Å². The first-order valence-corrected chi connectivity index (χ1v) is 8.63. The molecule has 0 aliphatic rings. The Morgan fingerprint density at radius 3 is 2.30 bits per heavy atom.